The van der Waals surface area contributed by atoms with E-state index in [-0.39, 0.29) is 5.69 Å². The molecule has 1 aromatic carbocycles. The second kappa shape index (κ2) is 6.48. The molecular formula is C15H15N5O. The van der Waals surface area contributed by atoms with E-state index in [4.69, 9.17) is 5.26 Å². The van der Waals surface area contributed by atoms with Crippen LogP contribution in [0.25, 0.3) is 0 Å². The second-order valence-corrected chi connectivity index (χ2v) is 4.38. The van der Waals surface area contributed by atoms with Crippen LogP contribution in [0.2, 0.25) is 0 Å². The molecule has 106 valence electrons. The Balaban J connectivity index is 2.19. The number of anilines is 2. The van der Waals surface area contributed by atoms with Gasteiger partial charge in [-0.2, -0.15) is 5.26 Å². The molecule has 2 aromatic rings. The van der Waals surface area contributed by atoms with Gasteiger partial charge in [0, 0.05) is 6.54 Å². The number of aryl methyl sites for hydroxylation is 1. The highest BCUT2D eigenvalue weighted by molar-refractivity contribution is 6.03. The van der Waals surface area contributed by atoms with Crippen molar-refractivity contribution < 1.29 is 4.79 Å². The number of carbonyl (C=O) groups excluding carboxylic acids is 1. The lowest BCUT2D eigenvalue weighted by atomic mass is 10.1. The molecule has 1 aromatic heterocycles. The molecule has 0 atom stereocenters. The van der Waals surface area contributed by atoms with Gasteiger partial charge in [0.1, 0.15) is 17.6 Å². The van der Waals surface area contributed by atoms with E-state index in [9.17, 15) is 4.79 Å². The van der Waals surface area contributed by atoms with Crippen LogP contribution in [0.3, 0.4) is 0 Å². The van der Waals surface area contributed by atoms with E-state index in [0.29, 0.717) is 17.1 Å². The molecule has 0 aliphatic carbocycles. The largest absolute Gasteiger partial charge is 0.369 e. The Hall–Kier alpha value is -2.94. The van der Waals surface area contributed by atoms with Crippen molar-refractivity contribution in [2.75, 3.05) is 17.2 Å². The van der Waals surface area contributed by atoms with Crippen LogP contribution in [0.15, 0.2) is 30.6 Å². The van der Waals surface area contributed by atoms with E-state index in [2.05, 4.69) is 26.7 Å². The number of aromatic nitrogens is 2. The predicted molar refractivity (Wildman–Crippen MR) is 80.0 cm³/mol. The summed E-state index contributed by atoms with van der Waals surface area (Å²) in [6.07, 6.45) is 2.90. The van der Waals surface area contributed by atoms with Gasteiger partial charge in [-0.1, -0.05) is 12.1 Å². The van der Waals surface area contributed by atoms with Gasteiger partial charge in [-0.3, -0.25) is 4.79 Å². The Morgan fingerprint density at radius 3 is 2.76 bits per heavy atom. The molecular weight excluding hydrogens is 266 g/mol. The fraction of sp³-hybridized carbons (Fsp3) is 0.200. The van der Waals surface area contributed by atoms with Crippen molar-refractivity contribution in [3.05, 3.63) is 47.4 Å². The van der Waals surface area contributed by atoms with E-state index in [1.54, 1.807) is 12.1 Å². The third-order valence-corrected chi connectivity index (χ3v) is 2.88. The van der Waals surface area contributed by atoms with Crippen molar-refractivity contribution >= 4 is 17.4 Å². The first-order chi connectivity index (χ1) is 10.2. The van der Waals surface area contributed by atoms with Crippen molar-refractivity contribution in [1.82, 2.24) is 9.97 Å². The van der Waals surface area contributed by atoms with Gasteiger partial charge in [-0.15, -0.1) is 0 Å². The van der Waals surface area contributed by atoms with Crippen molar-refractivity contribution in [2.45, 2.75) is 13.8 Å². The molecule has 21 heavy (non-hydrogen) atoms. The fourth-order valence-corrected chi connectivity index (χ4v) is 1.82. The van der Waals surface area contributed by atoms with Gasteiger partial charge in [0.15, 0.2) is 0 Å². The standard InChI is InChI=1S/C15H15N5O/c1-3-17-14-9-18-13(8-19-14)15(21)20-12-6-4-5-10(2)11(12)7-16/h4-6,8-9H,3H2,1-2H3,(H,17,19)(H,20,21). The first kappa shape index (κ1) is 14.5. The molecule has 6 heteroatoms. The summed E-state index contributed by atoms with van der Waals surface area (Å²) in [4.78, 5) is 20.3. The fourth-order valence-electron chi connectivity index (χ4n) is 1.82. The summed E-state index contributed by atoms with van der Waals surface area (Å²) in [5.74, 6) is 0.218. The molecule has 0 spiro atoms. The SMILES string of the molecule is CCNc1cnc(C(=O)Nc2cccc(C)c2C#N)cn1. The molecule has 0 saturated carbocycles. The maximum Gasteiger partial charge on any atom is 0.275 e. The number of amides is 1. The Morgan fingerprint density at radius 1 is 1.33 bits per heavy atom. The zero-order valence-electron chi connectivity index (χ0n) is 11.8. The van der Waals surface area contributed by atoms with Crippen LogP contribution in [-0.2, 0) is 0 Å². The minimum absolute atomic E-state index is 0.196. The highest BCUT2D eigenvalue weighted by Gasteiger charge is 2.12. The van der Waals surface area contributed by atoms with Crippen molar-refractivity contribution in [1.29, 1.82) is 5.26 Å². The Kier molecular flexibility index (Phi) is 4.46. The van der Waals surface area contributed by atoms with Crippen LogP contribution in [0.5, 0.6) is 0 Å². The van der Waals surface area contributed by atoms with Gasteiger partial charge in [0.25, 0.3) is 5.91 Å². The van der Waals surface area contributed by atoms with Gasteiger partial charge in [-0.05, 0) is 25.5 Å². The molecule has 1 amide bonds. The molecule has 2 N–H and O–H groups in total. The van der Waals surface area contributed by atoms with E-state index in [0.717, 1.165) is 12.1 Å². The Bertz CT molecular complexity index is 688. The summed E-state index contributed by atoms with van der Waals surface area (Å²) in [6.45, 7) is 4.50. The third-order valence-electron chi connectivity index (χ3n) is 2.88. The van der Waals surface area contributed by atoms with Crippen LogP contribution in [-0.4, -0.2) is 22.4 Å². The minimum Gasteiger partial charge on any atom is -0.369 e. The molecule has 0 bridgehead atoms. The number of benzene rings is 1. The first-order valence-electron chi connectivity index (χ1n) is 6.52. The van der Waals surface area contributed by atoms with Gasteiger partial charge in [0.2, 0.25) is 0 Å². The number of nitriles is 1. The molecule has 2 rings (SSSR count). The van der Waals surface area contributed by atoms with E-state index in [1.165, 1.54) is 12.4 Å². The minimum atomic E-state index is -0.396. The van der Waals surface area contributed by atoms with Gasteiger partial charge >= 0.3 is 0 Å². The average Bonchev–Trinajstić information content (AvgIpc) is 2.48. The van der Waals surface area contributed by atoms with E-state index >= 15 is 0 Å². The number of hydrogen-bond donors (Lipinski definition) is 2. The summed E-state index contributed by atoms with van der Waals surface area (Å²) in [7, 11) is 0. The zero-order valence-corrected chi connectivity index (χ0v) is 11.8. The molecule has 1 heterocycles. The van der Waals surface area contributed by atoms with Crippen molar-refractivity contribution in [3.8, 4) is 6.07 Å². The van der Waals surface area contributed by atoms with Crippen LogP contribution in [0.1, 0.15) is 28.5 Å². The monoisotopic (exact) mass is 281 g/mol. The molecule has 0 fully saturated rings. The summed E-state index contributed by atoms with van der Waals surface area (Å²) < 4.78 is 0. The topological polar surface area (TPSA) is 90.7 Å². The summed E-state index contributed by atoms with van der Waals surface area (Å²) >= 11 is 0. The molecule has 0 unspecified atom stereocenters. The van der Waals surface area contributed by atoms with Crippen LogP contribution >= 0.6 is 0 Å². The Morgan fingerprint density at radius 2 is 2.14 bits per heavy atom. The first-order valence-corrected chi connectivity index (χ1v) is 6.52. The highest BCUT2D eigenvalue weighted by Crippen LogP contribution is 2.18. The quantitative estimate of drug-likeness (QED) is 0.897. The number of carbonyl (C=O) groups is 1. The molecule has 0 aliphatic rings. The van der Waals surface area contributed by atoms with E-state index in [1.807, 2.05) is 19.9 Å². The lowest BCUT2D eigenvalue weighted by molar-refractivity contribution is 0.102. The highest BCUT2D eigenvalue weighted by atomic mass is 16.1. The predicted octanol–water partition coefficient (Wildman–Crippen LogP) is 2.34. The number of nitrogens with one attached hydrogen (secondary N) is 2. The van der Waals surface area contributed by atoms with Crippen LogP contribution < -0.4 is 10.6 Å². The van der Waals surface area contributed by atoms with Gasteiger partial charge in [-0.25, -0.2) is 9.97 Å². The van der Waals surface area contributed by atoms with E-state index < -0.39 is 5.91 Å². The van der Waals surface area contributed by atoms with Crippen molar-refractivity contribution in [3.63, 3.8) is 0 Å². The Labute approximate surface area is 122 Å². The maximum absolute atomic E-state index is 12.1. The van der Waals surface area contributed by atoms with Crippen molar-refractivity contribution in [2.24, 2.45) is 0 Å². The second-order valence-electron chi connectivity index (χ2n) is 4.38. The number of hydrogen-bond acceptors (Lipinski definition) is 5. The average molecular weight is 281 g/mol. The zero-order chi connectivity index (χ0) is 15.2. The number of nitrogens with zero attached hydrogens (tertiary/aromatic N) is 3. The van der Waals surface area contributed by atoms with Crippen LogP contribution in [0.4, 0.5) is 11.5 Å². The molecule has 0 saturated heterocycles. The normalized spacial score (nSPS) is 9.76. The molecule has 0 radical (unpaired) electrons. The molecule has 6 nitrogen and oxygen atoms in total. The summed E-state index contributed by atoms with van der Waals surface area (Å²) in [6, 6.07) is 7.37. The van der Waals surface area contributed by atoms with Gasteiger partial charge in [0.05, 0.1) is 23.6 Å². The smallest absolute Gasteiger partial charge is 0.275 e. The van der Waals surface area contributed by atoms with Gasteiger partial charge < -0.3 is 10.6 Å². The summed E-state index contributed by atoms with van der Waals surface area (Å²) in [5.41, 5.74) is 1.93. The third kappa shape index (κ3) is 3.34. The maximum atomic E-state index is 12.1. The lowest BCUT2D eigenvalue weighted by Crippen LogP contribution is -2.15. The number of rotatable bonds is 4. The summed E-state index contributed by atoms with van der Waals surface area (Å²) in [5, 5.41) is 14.8. The van der Waals surface area contributed by atoms with Crippen LogP contribution in [0, 0.1) is 18.3 Å². The molecule has 0 aliphatic heterocycles. The lowest BCUT2D eigenvalue weighted by Gasteiger charge is -2.08.